The van der Waals surface area contributed by atoms with Crippen LogP contribution in [0.3, 0.4) is 0 Å². The van der Waals surface area contributed by atoms with E-state index in [2.05, 4.69) is 13.0 Å². The fraction of sp³-hybridized carbons (Fsp3) is 0.605. The van der Waals surface area contributed by atoms with Crippen LogP contribution >= 0.6 is 0 Å². The minimum Gasteiger partial charge on any atom is -0.462 e. The number of hydrogen-bond donors (Lipinski definition) is 0. The second-order valence-electron chi connectivity index (χ2n) is 13.4. The van der Waals surface area contributed by atoms with Gasteiger partial charge in [0.05, 0.1) is 5.92 Å². The van der Waals surface area contributed by atoms with Crippen LogP contribution < -0.4 is 0 Å². The third-order valence-electron chi connectivity index (χ3n) is 10.8. The van der Waals surface area contributed by atoms with E-state index in [4.69, 9.17) is 4.74 Å². The third-order valence-corrected chi connectivity index (χ3v) is 10.8. The average Bonchev–Trinajstić information content (AvgIpc) is 3.05. The van der Waals surface area contributed by atoms with Crippen molar-refractivity contribution in [3.8, 4) is 0 Å². The molecule has 0 spiro atoms. The topological polar surface area (TPSA) is 26.3 Å². The molecule has 0 heterocycles. The number of rotatable bonds is 10. The lowest BCUT2D eigenvalue weighted by atomic mass is 9.71. The summed E-state index contributed by atoms with van der Waals surface area (Å²) >= 11 is 0. The molecule has 240 valence electrons. The first kappa shape index (κ1) is 32.8. The minimum atomic E-state index is -0.727. The smallest absolute Gasteiger partial charge is 0.309 e. The monoisotopic (exact) mass is 612 g/mol. The number of ether oxygens (including phenoxy) is 1. The molecule has 1 unspecified atom stereocenters. The van der Waals surface area contributed by atoms with Gasteiger partial charge in [0, 0.05) is 5.56 Å². The Kier molecular flexibility index (Phi) is 11.2. The van der Waals surface area contributed by atoms with Gasteiger partial charge in [0.15, 0.2) is 23.3 Å². The van der Waals surface area contributed by atoms with Crippen molar-refractivity contribution in [3.05, 3.63) is 75.9 Å². The number of hydrogen-bond acceptors (Lipinski definition) is 2. The van der Waals surface area contributed by atoms with Gasteiger partial charge in [-0.3, -0.25) is 4.79 Å². The Labute approximate surface area is 260 Å². The van der Waals surface area contributed by atoms with Gasteiger partial charge in [-0.05, 0) is 130 Å². The molecule has 2 aromatic carbocycles. The predicted octanol–water partition coefficient (Wildman–Crippen LogP) is 10.8. The third kappa shape index (κ3) is 7.42. The first-order chi connectivity index (χ1) is 21.3. The number of aryl methyl sites for hydroxylation is 2. The number of carbonyl (C=O) groups excluding carboxylic acids is 1. The molecule has 5 rings (SSSR count). The number of unbranched alkanes of at least 4 members (excludes halogenated alkanes) is 2. The molecule has 0 aliphatic heterocycles. The highest BCUT2D eigenvalue weighted by Crippen LogP contribution is 2.43. The zero-order chi connectivity index (χ0) is 31.2. The van der Waals surface area contributed by atoms with Crippen molar-refractivity contribution < 1.29 is 27.1 Å². The van der Waals surface area contributed by atoms with Crippen LogP contribution in [0.4, 0.5) is 17.6 Å². The van der Waals surface area contributed by atoms with Gasteiger partial charge < -0.3 is 4.74 Å². The van der Waals surface area contributed by atoms with Gasteiger partial charge in [-0.25, -0.2) is 17.6 Å². The van der Waals surface area contributed by atoms with Gasteiger partial charge in [-0.15, -0.1) is 0 Å². The summed E-state index contributed by atoms with van der Waals surface area (Å²) in [5.74, 6) is -2.05. The largest absolute Gasteiger partial charge is 0.462 e. The summed E-state index contributed by atoms with van der Waals surface area (Å²) in [7, 11) is 0. The van der Waals surface area contributed by atoms with Crippen LogP contribution in [0.5, 0.6) is 0 Å². The van der Waals surface area contributed by atoms with Gasteiger partial charge in [0.2, 0.25) is 0 Å². The summed E-state index contributed by atoms with van der Waals surface area (Å²) in [4.78, 5) is 13.0. The fourth-order valence-electron chi connectivity index (χ4n) is 7.89. The summed E-state index contributed by atoms with van der Waals surface area (Å²) in [6.07, 6.45) is 14.8. The van der Waals surface area contributed by atoms with Crippen molar-refractivity contribution >= 4 is 11.5 Å². The highest BCUT2D eigenvalue weighted by Gasteiger charge is 2.35. The van der Waals surface area contributed by atoms with Crippen LogP contribution in [0.2, 0.25) is 0 Å². The summed E-state index contributed by atoms with van der Waals surface area (Å²) in [6, 6.07) is 6.93. The van der Waals surface area contributed by atoms with Gasteiger partial charge >= 0.3 is 5.97 Å². The predicted molar refractivity (Wildman–Crippen MR) is 167 cm³/mol. The molecule has 2 aromatic rings. The molecular weight excluding hydrogens is 564 g/mol. The van der Waals surface area contributed by atoms with E-state index in [1.54, 1.807) is 24.3 Å². The number of esters is 1. The van der Waals surface area contributed by atoms with Crippen molar-refractivity contribution in [3.63, 3.8) is 0 Å². The Morgan fingerprint density at radius 3 is 2.11 bits per heavy atom. The Hall–Kier alpha value is -2.63. The maximum absolute atomic E-state index is 14.9. The van der Waals surface area contributed by atoms with E-state index >= 15 is 0 Å². The Bertz CT molecular complexity index is 1320. The normalized spacial score (nSPS) is 25.9. The van der Waals surface area contributed by atoms with Gasteiger partial charge in [-0.2, -0.15) is 0 Å². The zero-order valence-electron chi connectivity index (χ0n) is 26.4. The average molecular weight is 613 g/mol. The summed E-state index contributed by atoms with van der Waals surface area (Å²) in [6.45, 7) is 3.92. The quantitative estimate of drug-likeness (QED) is 0.152. The second kappa shape index (κ2) is 15.1. The van der Waals surface area contributed by atoms with Crippen LogP contribution in [0, 0.1) is 41.0 Å². The first-order valence-electron chi connectivity index (χ1n) is 17.1. The van der Waals surface area contributed by atoms with Crippen LogP contribution in [0.25, 0.3) is 5.57 Å². The maximum atomic E-state index is 14.9. The molecule has 0 N–H and O–H groups in total. The molecule has 0 amide bonds. The molecule has 2 nitrogen and oxygen atoms in total. The summed E-state index contributed by atoms with van der Waals surface area (Å²) in [5, 5.41) is 0. The van der Waals surface area contributed by atoms with Crippen molar-refractivity contribution in [1.82, 2.24) is 0 Å². The van der Waals surface area contributed by atoms with Crippen LogP contribution in [-0.2, 0) is 22.4 Å². The van der Waals surface area contributed by atoms with E-state index in [1.807, 2.05) is 6.92 Å². The van der Waals surface area contributed by atoms with Gasteiger partial charge in [-0.1, -0.05) is 57.0 Å². The van der Waals surface area contributed by atoms with Crippen LogP contribution in [-0.4, -0.2) is 12.1 Å². The standard InChI is InChI=1S/C38H48F4O2/c1-3-5-6-7-29-19-23-33(37(42)35(29)40)28-16-20-31(21-17-28)44-38(43)30-14-10-26(11-15-30)25-8-12-27(13-9-25)32-22-18-24(4-2)34(39)36(32)41/h12,18-19,22-23,25-26,28,30-31H,3-11,13-17,20-21H2,1-2H3. The van der Waals surface area contributed by atoms with E-state index in [1.165, 1.54) is 0 Å². The lowest BCUT2D eigenvalue weighted by Crippen LogP contribution is -2.31. The summed E-state index contributed by atoms with van der Waals surface area (Å²) in [5.41, 5.74) is 2.63. The van der Waals surface area contributed by atoms with E-state index in [0.717, 1.165) is 69.8 Å². The molecule has 0 bridgehead atoms. The Morgan fingerprint density at radius 1 is 0.750 bits per heavy atom. The number of allylic oxidation sites excluding steroid dienone is 2. The van der Waals surface area contributed by atoms with Gasteiger partial charge in [0.1, 0.15) is 6.10 Å². The maximum Gasteiger partial charge on any atom is 0.309 e. The number of benzene rings is 2. The van der Waals surface area contributed by atoms with Crippen LogP contribution in [0.1, 0.15) is 132 Å². The molecule has 3 aliphatic carbocycles. The fourth-order valence-corrected chi connectivity index (χ4v) is 7.89. The second-order valence-corrected chi connectivity index (χ2v) is 13.4. The number of halogens is 4. The van der Waals surface area contributed by atoms with Crippen LogP contribution in [0.15, 0.2) is 30.3 Å². The molecule has 0 radical (unpaired) electrons. The molecule has 0 aromatic heterocycles. The van der Waals surface area contributed by atoms with E-state index in [9.17, 15) is 22.4 Å². The van der Waals surface area contributed by atoms with E-state index < -0.39 is 23.3 Å². The summed E-state index contributed by atoms with van der Waals surface area (Å²) < 4.78 is 64.6. The molecule has 0 saturated heterocycles. The lowest BCUT2D eigenvalue weighted by Gasteiger charge is -2.36. The zero-order valence-corrected chi connectivity index (χ0v) is 26.4. The van der Waals surface area contributed by atoms with Gasteiger partial charge in [0.25, 0.3) is 0 Å². The van der Waals surface area contributed by atoms with Crippen molar-refractivity contribution in [2.75, 3.05) is 0 Å². The number of carbonyl (C=O) groups is 1. The molecule has 3 aliphatic rings. The SMILES string of the molecule is CCCCCc1ccc(C2CCC(OC(=O)C3CCC(C4CC=C(c5ccc(CC)c(F)c5F)CC4)CC3)CC2)c(F)c1F. The molecule has 1 atom stereocenters. The molecule has 2 saturated carbocycles. The highest BCUT2D eigenvalue weighted by molar-refractivity contribution is 5.72. The molecule has 44 heavy (non-hydrogen) atoms. The Balaban J connectivity index is 1.06. The molecule has 6 heteroatoms. The van der Waals surface area contributed by atoms with Crippen molar-refractivity contribution in [1.29, 1.82) is 0 Å². The van der Waals surface area contributed by atoms with E-state index in [-0.39, 0.29) is 23.9 Å². The molecule has 2 fully saturated rings. The van der Waals surface area contributed by atoms with Crippen molar-refractivity contribution in [2.45, 2.75) is 129 Å². The lowest BCUT2D eigenvalue weighted by molar-refractivity contribution is -0.157. The van der Waals surface area contributed by atoms with E-state index in [0.29, 0.717) is 72.6 Å². The minimum absolute atomic E-state index is 0.0455. The Morgan fingerprint density at radius 2 is 1.45 bits per heavy atom. The molecular formula is C38H48F4O2. The highest BCUT2D eigenvalue weighted by atomic mass is 19.2. The van der Waals surface area contributed by atoms with Crippen molar-refractivity contribution in [2.24, 2.45) is 17.8 Å². The first-order valence-corrected chi connectivity index (χ1v) is 17.1.